The van der Waals surface area contributed by atoms with Crippen molar-refractivity contribution in [2.24, 2.45) is 0 Å². The molecule has 2 heteroatoms. The molecule has 0 aliphatic heterocycles. The number of pyridine rings is 1. The van der Waals surface area contributed by atoms with Gasteiger partial charge >= 0.3 is 0 Å². The molecule has 2 heterocycles. The second kappa shape index (κ2) is 10.6. The van der Waals surface area contributed by atoms with E-state index in [0.717, 1.165) is 17.1 Å². The minimum Gasteiger partial charge on any atom is -0.310 e. The lowest BCUT2D eigenvalue weighted by Crippen LogP contribution is -2.09. The molecule has 0 fully saturated rings. The van der Waals surface area contributed by atoms with Gasteiger partial charge in [-0.25, -0.2) is 0 Å². The molecule has 10 rings (SSSR count). The summed E-state index contributed by atoms with van der Waals surface area (Å²) < 4.78 is 2.48. The summed E-state index contributed by atoms with van der Waals surface area (Å²) in [4.78, 5) is 2.38. The molecule has 0 aliphatic carbocycles. The van der Waals surface area contributed by atoms with Gasteiger partial charge in [0, 0.05) is 38.6 Å². The monoisotopic (exact) mass is 610 g/mol. The lowest BCUT2D eigenvalue weighted by atomic mass is 9.98. The van der Waals surface area contributed by atoms with E-state index in [1.807, 2.05) is 0 Å². The van der Waals surface area contributed by atoms with Crippen LogP contribution in [0.3, 0.4) is 0 Å². The van der Waals surface area contributed by atoms with Crippen molar-refractivity contribution >= 4 is 65.9 Å². The summed E-state index contributed by atoms with van der Waals surface area (Å²) in [6.07, 6.45) is 0. The maximum atomic E-state index is 2.48. The number of benzene rings is 8. The summed E-state index contributed by atoms with van der Waals surface area (Å²) in [5.41, 5.74) is 12.0. The predicted octanol–water partition coefficient (Wildman–Crippen LogP) is 12.8. The van der Waals surface area contributed by atoms with Gasteiger partial charge in [0.15, 0.2) is 0 Å². The Morgan fingerprint density at radius 2 is 0.875 bits per heavy atom. The van der Waals surface area contributed by atoms with E-state index in [-0.39, 0.29) is 0 Å². The zero-order valence-corrected chi connectivity index (χ0v) is 26.2. The van der Waals surface area contributed by atoms with Gasteiger partial charge in [0.1, 0.15) is 0 Å². The van der Waals surface area contributed by atoms with E-state index in [0.29, 0.717) is 0 Å². The highest BCUT2D eigenvalue weighted by Crippen LogP contribution is 2.44. The van der Waals surface area contributed by atoms with Crippen LogP contribution in [0.1, 0.15) is 0 Å². The van der Waals surface area contributed by atoms with Crippen molar-refractivity contribution in [3.05, 3.63) is 182 Å². The van der Waals surface area contributed by atoms with Crippen LogP contribution in [0.15, 0.2) is 182 Å². The van der Waals surface area contributed by atoms with Crippen molar-refractivity contribution < 1.29 is 0 Å². The van der Waals surface area contributed by atoms with Crippen molar-refractivity contribution in [1.29, 1.82) is 0 Å². The van der Waals surface area contributed by atoms with Crippen molar-refractivity contribution in [2.45, 2.75) is 0 Å². The van der Waals surface area contributed by atoms with Gasteiger partial charge in [0.05, 0.1) is 16.6 Å². The number of anilines is 3. The number of para-hydroxylation sites is 1. The van der Waals surface area contributed by atoms with Crippen LogP contribution in [-0.2, 0) is 0 Å². The highest BCUT2D eigenvalue weighted by Gasteiger charge is 2.20. The second-order valence-electron chi connectivity index (χ2n) is 12.6. The molecule has 10 aromatic rings. The molecule has 0 aliphatic rings. The third kappa shape index (κ3) is 4.06. The fraction of sp³-hybridized carbons (Fsp3) is 0. The largest absolute Gasteiger partial charge is 0.310 e. The molecule has 0 saturated heterocycles. The van der Waals surface area contributed by atoms with Crippen LogP contribution in [-0.4, -0.2) is 4.40 Å². The topological polar surface area (TPSA) is 7.65 Å². The normalized spacial score (nSPS) is 11.8. The molecule has 0 saturated carbocycles. The van der Waals surface area contributed by atoms with Gasteiger partial charge in [0.25, 0.3) is 0 Å². The molecule has 0 atom stereocenters. The van der Waals surface area contributed by atoms with E-state index in [1.54, 1.807) is 0 Å². The molecule has 0 radical (unpaired) electrons. The molecular formula is C46H30N2. The van der Waals surface area contributed by atoms with Crippen LogP contribution >= 0.6 is 0 Å². The van der Waals surface area contributed by atoms with E-state index in [4.69, 9.17) is 0 Å². The Kier molecular flexibility index (Phi) is 5.91. The van der Waals surface area contributed by atoms with E-state index in [1.165, 1.54) is 71.1 Å². The first-order chi connectivity index (χ1) is 23.8. The average Bonchev–Trinajstić information content (AvgIpc) is 3.50. The number of rotatable bonds is 5. The summed E-state index contributed by atoms with van der Waals surface area (Å²) in [5.74, 6) is 0. The number of fused-ring (bicyclic) bond motifs is 6. The fourth-order valence-electron chi connectivity index (χ4n) is 7.69. The first kappa shape index (κ1) is 26.8. The van der Waals surface area contributed by atoms with E-state index in [2.05, 4.69) is 191 Å². The van der Waals surface area contributed by atoms with Crippen molar-refractivity contribution in [2.75, 3.05) is 4.90 Å². The molecule has 0 unspecified atom stereocenters. The first-order valence-electron chi connectivity index (χ1n) is 16.5. The quantitative estimate of drug-likeness (QED) is 0.139. The molecule has 48 heavy (non-hydrogen) atoms. The average molecular weight is 611 g/mol. The number of aromatic nitrogens is 1. The Balaban J connectivity index is 1.20. The maximum absolute atomic E-state index is 2.48. The standard InChI is InChI=1S/C46H30N2/c1-3-10-31(11-4-1)33-18-23-36(24-19-33)47(37-25-20-34(21-26-37)32-12-5-2-6-13-32)38-27-29-44-42(30-38)41-28-22-35-14-9-16-40-39-15-7-8-17-43(39)48(44)46(41)45(35)40/h1-30H. The molecule has 0 bridgehead atoms. The van der Waals surface area contributed by atoms with Crippen molar-refractivity contribution in [3.63, 3.8) is 0 Å². The summed E-state index contributed by atoms with van der Waals surface area (Å²) in [7, 11) is 0. The molecule has 2 aromatic heterocycles. The number of hydrogen-bond acceptors (Lipinski definition) is 1. The Labute approximate surface area is 278 Å². The lowest BCUT2D eigenvalue weighted by molar-refractivity contribution is 1.28. The Hall–Kier alpha value is -6.38. The molecular weight excluding hydrogens is 581 g/mol. The summed E-state index contributed by atoms with van der Waals surface area (Å²) in [6.45, 7) is 0. The Morgan fingerprint density at radius 3 is 1.54 bits per heavy atom. The van der Waals surface area contributed by atoms with E-state index in [9.17, 15) is 0 Å². The molecule has 8 aromatic carbocycles. The van der Waals surface area contributed by atoms with Gasteiger partial charge in [-0.3, -0.25) is 0 Å². The smallest absolute Gasteiger partial charge is 0.0626 e. The third-order valence-corrected chi connectivity index (χ3v) is 9.91. The zero-order valence-electron chi connectivity index (χ0n) is 26.2. The lowest BCUT2D eigenvalue weighted by Gasteiger charge is -2.26. The SMILES string of the molecule is c1ccc(-c2ccc(N(c3ccc(-c4ccccc4)cc3)c3ccc4c(c3)c3ccc5cccc6c7ccccc7n4c3c56)cc2)cc1. The highest BCUT2D eigenvalue weighted by molar-refractivity contribution is 6.28. The molecule has 224 valence electrons. The van der Waals surface area contributed by atoms with Crippen LogP contribution in [0.4, 0.5) is 17.1 Å². The van der Waals surface area contributed by atoms with Crippen molar-refractivity contribution in [3.8, 4) is 22.3 Å². The van der Waals surface area contributed by atoms with Crippen LogP contribution in [0.25, 0.3) is 71.1 Å². The van der Waals surface area contributed by atoms with Crippen LogP contribution in [0.5, 0.6) is 0 Å². The summed E-state index contributed by atoms with van der Waals surface area (Å²) in [6, 6.07) is 66.1. The summed E-state index contributed by atoms with van der Waals surface area (Å²) in [5, 5.41) is 7.72. The third-order valence-electron chi connectivity index (χ3n) is 9.91. The highest BCUT2D eigenvalue weighted by atomic mass is 15.1. The Bertz CT molecular complexity index is 2640. The predicted molar refractivity (Wildman–Crippen MR) is 204 cm³/mol. The molecule has 2 nitrogen and oxygen atoms in total. The number of hydrogen-bond donors (Lipinski definition) is 0. The van der Waals surface area contributed by atoms with Crippen molar-refractivity contribution in [1.82, 2.24) is 4.40 Å². The second-order valence-corrected chi connectivity index (χ2v) is 12.6. The Morgan fingerprint density at radius 1 is 0.333 bits per heavy atom. The van der Waals surface area contributed by atoms with Gasteiger partial charge in [-0.2, -0.15) is 0 Å². The van der Waals surface area contributed by atoms with E-state index >= 15 is 0 Å². The fourth-order valence-corrected chi connectivity index (χ4v) is 7.69. The van der Waals surface area contributed by atoms with Crippen LogP contribution in [0.2, 0.25) is 0 Å². The van der Waals surface area contributed by atoms with Gasteiger partial charge in [-0.1, -0.05) is 133 Å². The van der Waals surface area contributed by atoms with E-state index < -0.39 is 0 Å². The van der Waals surface area contributed by atoms with Gasteiger partial charge in [-0.15, -0.1) is 0 Å². The first-order valence-corrected chi connectivity index (χ1v) is 16.5. The van der Waals surface area contributed by atoms with Gasteiger partial charge in [-0.05, 0) is 81.6 Å². The molecule has 0 N–H and O–H groups in total. The van der Waals surface area contributed by atoms with Crippen LogP contribution < -0.4 is 4.90 Å². The van der Waals surface area contributed by atoms with Gasteiger partial charge in [0.2, 0.25) is 0 Å². The molecule has 0 spiro atoms. The minimum absolute atomic E-state index is 1.12. The minimum atomic E-state index is 1.12. The molecule has 0 amide bonds. The summed E-state index contributed by atoms with van der Waals surface area (Å²) >= 11 is 0. The zero-order chi connectivity index (χ0) is 31.6. The van der Waals surface area contributed by atoms with Gasteiger partial charge < -0.3 is 9.30 Å². The number of nitrogens with zero attached hydrogens (tertiary/aromatic N) is 2. The maximum Gasteiger partial charge on any atom is 0.0626 e. The van der Waals surface area contributed by atoms with Crippen LogP contribution in [0, 0.1) is 0 Å².